The molecule has 1 unspecified atom stereocenters. The first kappa shape index (κ1) is 14.6. The van der Waals surface area contributed by atoms with E-state index < -0.39 is 5.97 Å². The van der Waals surface area contributed by atoms with Gasteiger partial charge in [0, 0.05) is 0 Å². The number of carbonyl (C=O) groups is 1. The van der Waals surface area contributed by atoms with Gasteiger partial charge in [-0.2, -0.15) is 0 Å². The van der Waals surface area contributed by atoms with Crippen molar-refractivity contribution in [2.45, 2.75) is 11.4 Å². The predicted octanol–water partition coefficient (Wildman–Crippen LogP) is 2.34. The summed E-state index contributed by atoms with van der Waals surface area (Å²) in [5.74, 6) is -1.13. The molecule has 88 valence electrons. The summed E-state index contributed by atoms with van der Waals surface area (Å²) < 4.78 is 0.784. The SMILES string of the molecule is C[CH]([Zn+])c1ccccc1.O=C([O-])c1ccccc1. The second-order valence-corrected chi connectivity index (χ2v) is 6.53. The van der Waals surface area contributed by atoms with Crippen molar-refractivity contribution in [2.75, 3.05) is 0 Å². The average Bonchev–Trinajstić information content (AvgIpc) is 2.41. The van der Waals surface area contributed by atoms with E-state index in [2.05, 4.69) is 37.3 Å². The Bertz CT molecular complexity index is 466. The van der Waals surface area contributed by atoms with Gasteiger partial charge in [0.15, 0.2) is 0 Å². The van der Waals surface area contributed by atoms with Crippen molar-refractivity contribution in [3.8, 4) is 0 Å². The summed E-state index contributed by atoms with van der Waals surface area (Å²) in [6.07, 6.45) is 0. The van der Waals surface area contributed by atoms with Gasteiger partial charge >= 0.3 is 65.6 Å². The first-order valence-corrected chi connectivity index (χ1v) is 7.47. The average molecular weight is 292 g/mol. The van der Waals surface area contributed by atoms with Crippen LogP contribution in [0.4, 0.5) is 0 Å². The van der Waals surface area contributed by atoms with Crippen LogP contribution in [0.5, 0.6) is 0 Å². The molecule has 2 aromatic rings. The van der Waals surface area contributed by atoms with Crippen LogP contribution in [-0.2, 0) is 18.3 Å². The van der Waals surface area contributed by atoms with Crippen molar-refractivity contribution in [3.05, 3.63) is 71.8 Å². The molecule has 1 atom stereocenters. The number of carbonyl (C=O) groups excluding carboxylic acids is 1. The molecular formula is C15H14O2Zn. The Morgan fingerprint density at radius 2 is 1.44 bits per heavy atom. The van der Waals surface area contributed by atoms with Crippen molar-refractivity contribution in [3.63, 3.8) is 0 Å². The maximum absolute atomic E-state index is 10.1. The zero-order valence-electron chi connectivity index (χ0n) is 10.4. The van der Waals surface area contributed by atoms with Gasteiger partial charge < -0.3 is 9.90 Å². The van der Waals surface area contributed by atoms with Gasteiger partial charge in [-0.1, -0.05) is 30.3 Å². The number of hydrogen-bond acceptors (Lipinski definition) is 2. The van der Waals surface area contributed by atoms with Gasteiger partial charge in [0.25, 0.3) is 0 Å². The molecule has 0 radical (unpaired) electrons. The smallest absolute Gasteiger partial charge is 0.0715 e. The molecule has 3 heteroatoms. The summed E-state index contributed by atoms with van der Waals surface area (Å²) >= 11 is 1.35. The number of aromatic carboxylic acids is 1. The molecule has 0 N–H and O–H groups in total. The minimum absolute atomic E-state index is 0.220. The second-order valence-electron chi connectivity index (χ2n) is 3.97. The maximum Gasteiger partial charge on any atom is 0.0715 e. The van der Waals surface area contributed by atoms with Crippen molar-refractivity contribution in [1.29, 1.82) is 0 Å². The molecule has 0 heterocycles. The zero-order chi connectivity index (χ0) is 13.4. The topological polar surface area (TPSA) is 40.1 Å². The Hall–Kier alpha value is -1.47. The van der Waals surface area contributed by atoms with Gasteiger partial charge in [-0.15, -0.1) is 0 Å². The normalized spacial score (nSPS) is 11.1. The minimum atomic E-state index is -1.13. The molecule has 0 amide bonds. The van der Waals surface area contributed by atoms with E-state index >= 15 is 0 Å². The Balaban J connectivity index is 0.000000180. The molecule has 0 saturated heterocycles. The fraction of sp³-hybridized carbons (Fsp3) is 0.133. The minimum Gasteiger partial charge on any atom is -0.545 e. The number of carboxylic acid groups (broad SMARTS) is 1. The van der Waals surface area contributed by atoms with Crippen LogP contribution in [0.2, 0.25) is 0 Å². The number of hydrogen-bond donors (Lipinski definition) is 0. The van der Waals surface area contributed by atoms with Crippen molar-refractivity contribution < 1.29 is 28.2 Å². The molecule has 0 spiro atoms. The Kier molecular flexibility index (Phi) is 6.31. The fourth-order valence-electron chi connectivity index (χ4n) is 1.36. The molecule has 0 saturated carbocycles. The standard InChI is InChI=1S/C8H9.C7H6O2.Zn/c1-2-8-6-4-3-5-7-8;8-7(9)6-4-2-1-3-5-6;/h2-7H,1H3;1-5H,(H,8,9);/q;;+1/p-1. The fourth-order valence-corrected chi connectivity index (χ4v) is 1.93. The number of benzene rings is 2. The summed E-state index contributed by atoms with van der Waals surface area (Å²) in [4.78, 5) is 10.1. The predicted molar refractivity (Wildman–Crippen MR) is 65.6 cm³/mol. The first-order chi connectivity index (χ1) is 8.61. The molecular weight excluding hydrogens is 278 g/mol. The summed E-state index contributed by atoms with van der Waals surface area (Å²) in [5.41, 5.74) is 1.69. The third-order valence-electron chi connectivity index (χ3n) is 2.38. The summed E-state index contributed by atoms with van der Waals surface area (Å²) in [6.45, 7) is 2.26. The van der Waals surface area contributed by atoms with Gasteiger partial charge in [0.1, 0.15) is 0 Å². The van der Waals surface area contributed by atoms with E-state index in [4.69, 9.17) is 0 Å². The van der Waals surface area contributed by atoms with Crippen molar-refractivity contribution in [1.82, 2.24) is 0 Å². The molecule has 0 bridgehead atoms. The molecule has 2 aromatic carbocycles. The summed E-state index contributed by atoms with van der Waals surface area (Å²) in [7, 11) is 0. The van der Waals surface area contributed by atoms with Gasteiger partial charge in [0.2, 0.25) is 0 Å². The first-order valence-electron chi connectivity index (χ1n) is 5.75. The molecule has 0 aliphatic carbocycles. The van der Waals surface area contributed by atoms with E-state index in [1.54, 1.807) is 18.2 Å². The monoisotopic (exact) mass is 290 g/mol. The molecule has 18 heavy (non-hydrogen) atoms. The van der Waals surface area contributed by atoms with Gasteiger partial charge in [-0.05, 0) is 5.56 Å². The van der Waals surface area contributed by atoms with E-state index in [1.807, 2.05) is 0 Å². The van der Waals surface area contributed by atoms with Gasteiger partial charge in [0.05, 0.1) is 5.97 Å². The molecule has 0 fully saturated rings. The Morgan fingerprint density at radius 1 is 1.00 bits per heavy atom. The molecule has 0 aliphatic rings. The third kappa shape index (κ3) is 5.24. The maximum atomic E-state index is 10.1. The van der Waals surface area contributed by atoms with E-state index in [0.717, 1.165) is 4.51 Å². The van der Waals surface area contributed by atoms with Crippen LogP contribution in [0.15, 0.2) is 60.7 Å². The van der Waals surface area contributed by atoms with Crippen molar-refractivity contribution in [2.24, 2.45) is 0 Å². The van der Waals surface area contributed by atoms with Crippen LogP contribution in [0.25, 0.3) is 0 Å². The summed E-state index contributed by atoms with van der Waals surface area (Å²) in [6, 6.07) is 18.7. The van der Waals surface area contributed by atoms with Crippen LogP contribution < -0.4 is 5.11 Å². The van der Waals surface area contributed by atoms with Crippen LogP contribution in [-0.4, -0.2) is 5.97 Å². The van der Waals surface area contributed by atoms with Crippen LogP contribution in [0, 0.1) is 0 Å². The number of carboxylic acids is 1. The quantitative estimate of drug-likeness (QED) is 0.797. The van der Waals surface area contributed by atoms with E-state index in [-0.39, 0.29) is 5.56 Å². The van der Waals surface area contributed by atoms with Crippen LogP contribution >= 0.6 is 0 Å². The third-order valence-corrected chi connectivity index (χ3v) is 3.37. The second kappa shape index (κ2) is 7.78. The van der Waals surface area contributed by atoms with E-state index in [9.17, 15) is 9.90 Å². The van der Waals surface area contributed by atoms with E-state index in [0.29, 0.717) is 0 Å². The zero-order valence-corrected chi connectivity index (χ0v) is 13.3. The molecule has 0 aromatic heterocycles. The van der Waals surface area contributed by atoms with E-state index in [1.165, 1.54) is 36.0 Å². The van der Waals surface area contributed by atoms with Crippen LogP contribution in [0.1, 0.15) is 27.4 Å². The number of rotatable bonds is 2. The van der Waals surface area contributed by atoms with Gasteiger partial charge in [-0.25, -0.2) is 0 Å². The van der Waals surface area contributed by atoms with Crippen LogP contribution in [0.3, 0.4) is 0 Å². The summed E-state index contributed by atoms with van der Waals surface area (Å²) in [5, 5.41) is 10.1. The Morgan fingerprint density at radius 3 is 1.72 bits per heavy atom. The molecule has 2 nitrogen and oxygen atoms in total. The van der Waals surface area contributed by atoms with Gasteiger partial charge in [-0.3, -0.25) is 0 Å². The van der Waals surface area contributed by atoms with Crippen molar-refractivity contribution >= 4 is 5.97 Å². The largest absolute Gasteiger partial charge is 0.545 e. The molecule has 2 rings (SSSR count). The molecule has 0 aliphatic heterocycles. The Labute approximate surface area is 117 Å².